The predicted octanol–water partition coefficient (Wildman–Crippen LogP) is 7.42. The first-order valence-electron chi connectivity index (χ1n) is 8.16. The normalized spacial score (nSPS) is 11.9. The van der Waals surface area contributed by atoms with E-state index in [0.717, 1.165) is 12.1 Å². The van der Waals surface area contributed by atoms with Crippen LogP contribution in [0.2, 0.25) is 0 Å². The first-order chi connectivity index (χ1) is 13.9. The largest absolute Gasteiger partial charge is 0.507 e. The zero-order valence-corrected chi connectivity index (χ0v) is 23.2. The number of halogens is 7. The molecule has 0 atom stereocenters. The minimum absolute atomic E-state index is 0.107. The van der Waals surface area contributed by atoms with Crippen molar-refractivity contribution in [3.63, 3.8) is 0 Å². The van der Waals surface area contributed by atoms with Crippen molar-refractivity contribution < 1.29 is 28.5 Å². The number of aromatic hydroxyl groups is 3. The maximum atomic E-state index is 13.4. The molecule has 3 aromatic rings. The van der Waals surface area contributed by atoms with Gasteiger partial charge in [0.05, 0.1) is 19.8 Å². The minimum atomic E-state index is -4.71. The van der Waals surface area contributed by atoms with E-state index in [4.69, 9.17) is 0 Å². The van der Waals surface area contributed by atoms with E-state index in [1.165, 1.54) is 6.07 Å². The zero-order valence-electron chi connectivity index (χ0n) is 14.6. The first kappa shape index (κ1) is 24.4. The molecule has 0 aliphatic heterocycles. The summed E-state index contributed by atoms with van der Waals surface area (Å²) in [4.78, 5) is 0. The summed E-state index contributed by atoms with van der Waals surface area (Å²) in [6, 6.07) is 10.3. The van der Waals surface area contributed by atoms with Crippen LogP contribution in [0.3, 0.4) is 0 Å². The van der Waals surface area contributed by atoms with Gasteiger partial charge in [-0.2, -0.15) is 13.2 Å². The second kappa shape index (κ2) is 9.33. The van der Waals surface area contributed by atoms with E-state index in [1.54, 1.807) is 24.3 Å². The van der Waals surface area contributed by atoms with Crippen LogP contribution in [0.1, 0.15) is 28.2 Å². The number of phenolic OH excluding ortho intramolecular Hbond substituents is 3. The Morgan fingerprint density at radius 1 is 0.633 bits per heavy atom. The lowest BCUT2D eigenvalue weighted by Gasteiger charge is -2.22. The van der Waals surface area contributed by atoms with Crippen molar-refractivity contribution >= 4 is 90.4 Å². The molecule has 0 aromatic heterocycles. The number of hydrogen-bond donors (Lipinski definition) is 3. The van der Waals surface area contributed by atoms with Crippen LogP contribution in [-0.4, -0.2) is 15.3 Å². The molecule has 0 heterocycles. The topological polar surface area (TPSA) is 60.7 Å². The molecule has 0 radical (unpaired) electrons. The van der Waals surface area contributed by atoms with Crippen molar-refractivity contribution in [2.75, 3.05) is 0 Å². The molecule has 158 valence electrons. The average molecular weight is 864 g/mol. The van der Waals surface area contributed by atoms with Gasteiger partial charge in [0.2, 0.25) is 0 Å². The van der Waals surface area contributed by atoms with Gasteiger partial charge in [-0.1, -0.05) is 6.07 Å². The van der Waals surface area contributed by atoms with Crippen LogP contribution < -0.4 is 0 Å². The van der Waals surface area contributed by atoms with Crippen LogP contribution >= 0.6 is 90.4 Å². The molecule has 30 heavy (non-hydrogen) atoms. The number of alkyl halides is 3. The third kappa shape index (κ3) is 5.05. The molecule has 3 rings (SSSR count). The van der Waals surface area contributed by atoms with Crippen LogP contribution in [-0.2, 0) is 6.18 Å². The molecule has 3 aromatic carbocycles. The van der Waals surface area contributed by atoms with E-state index in [-0.39, 0.29) is 11.5 Å². The van der Waals surface area contributed by atoms with Gasteiger partial charge in [0.1, 0.15) is 17.2 Å². The Morgan fingerprint density at radius 3 is 1.40 bits per heavy atom. The molecule has 0 unspecified atom stereocenters. The monoisotopic (exact) mass is 864 g/mol. The number of rotatable bonds is 3. The summed E-state index contributed by atoms with van der Waals surface area (Å²) in [5.74, 6) is -1.24. The summed E-state index contributed by atoms with van der Waals surface area (Å²) in [5, 5.41) is 30.0. The van der Waals surface area contributed by atoms with Crippen LogP contribution in [0, 0.1) is 14.3 Å². The van der Waals surface area contributed by atoms with Crippen LogP contribution in [0.4, 0.5) is 13.2 Å². The molecule has 0 saturated carbocycles. The SMILES string of the molecule is Oc1ccc(C(c2cc(I)c(O)c(I)c2)c2cc(I)c(O)c(I)c2)cc1C(F)(F)F. The number of phenols is 3. The van der Waals surface area contributed by atoms with Gasteiger partial charge in [0.25, 0.3) is 0 Å². The van der Waals surface area contributed by atoms with Crippen LogP contribution in [0.25, 0.3) is 0 Å². The summed E-state index contributed by atoms with van der Waals surface area (Å²) >= 11 is 7.89. The van der Waals surface area contributed by atoms with Crippen LogP contribution in [0.5, 0.6) is 17.2 Å². The van der Waals surface area contributed by atoms with Gasteiger partial charge in [-0.3, -0.25) is 0 Å². The lowest BCUT2D eigenvalue weighted by Crippen LogP contribution is -2.10. The Kier molecular flexibility index (Phi) is 7.59. The van der Waals surface area contributed by atoms with Gasteiger partial charge >= 0.3 is 6.18 Å². The molecule has 3 nitrogen and oxygen atoms in total. The quantitative estimate of drug-likeness (QED) is 0.190. The highest BCUT2D eigenvalue weighted by Gasteiger charge is 2.35. The van der Waals surface area contributed by atoms with E-state index in [2.05, 4.69) is 0 Å². The van der Waals surface area contributed by atoms with Crippen molar-refractivity contribution in [3.05, 3.63) is 79.0 Å². The van der Waals surface area contributed by atoms with E-state index in [9.17, 15) is 28.5 Å². The average Bonchev–Trinajstić information content (AvgIpc) is 2.64. The van der Waals surface area contributed by atoms with Crippen molar-refractivity contribution in [3.8, 4) is 17.2 Å². The first-order valence-corrected chi connectivity index (χ1v) is 12.5. The maximum Gasteiger partial charge on any atom is 0.419 e. The summed E-state index contributed by atoms with van der Waals surface area (Å²) in [5.41, 5.74) is 0.571. The number of benzene rings is 3. The lowest BCUT2D eigenvalue weighted by atomic mass is 9.84. The predicted molar refractivity (Wildman–Crippen MR) is 141 cm³/mol. The Balaban J connectivity index is 2.32. The summed E-state index contributed by atoms with van der Waals surface area (Å²) in [6.45, 7) is 0. The van der Waals surface area contributed by atoms with Gasteiger partial charge in [-0.15, -0.1) is 0 Å². The van der Waals surface area contributed by atoms with Gasteiger partial charge in [-0.25, -0.2) is 0 Å². The fourth-order valence-corrected chi connectivity index (χ4v) is 6.67. The van der Waals surface area contributed by atoms with Gasteiger partial charge in [-0.05, 0) is 143 Å². The standard InChI is InChI=1S/C20H11F3I4O3/c21-20(22,23)11-3-8(1-2-16(11)28)17(9-4-12(24)18(29)13(25)5-9)10-6-14(26)19(30)15(27)7-10/h1-7,17,28-30H. The highest BCUT2D eigenvalue weighted by atomic mass is 127. The Morgan fingerprint density at radius 2 is 1.03 bits per heavy atom. The van der Waals surface area contributed by atoms with Crippen molar-refractivity contribution in [1.29, 1.82) is 0 Å². The van der Waals surface area contributed by atoms with Crippen molar-refractivity contribution in [1.82, 2.24) is 0 Å². The number of hydrogen-bond acceptors (Lipinski definition) is 3. The second-order valence-electron chi connectivity index (χ2n) is 6.37. The van der Waals surface area contributed by atoms with Gasteiger partial charge in [0, 0.05) is 5.92 Å². The molecular formula is C20H11F3I4O3. The molecule has 0 bridgehead atoms. The Labute approximate surface area is 224 Å². The molecule has 3 N–H and O–H groups in total. The Bertz CT molecular complexity index is 1030. The molecule has 0 spiro atoms. The maximum absolute atomic E-state index is 13.4. The molecule has 0 saturated heterocycles. The summed E-state index contributed by atoms with van der Waals surface area (Å²) in [7, 11) is 0. The molecule has 0 aliphatic rings. The molecular weight excluding hydrogens is 853 g/mol. The minimum Gasteiger partial charge on any atom is -0.507 e. The highest BCUT2D eigenvalue weighted by Crippen LogP contribution is 2.43. The summed E-state index contributed by atoms with van der Waals surface area (Å²) in [6.07, 6.45) is -4.71. The smallest absolute Gasteiger partial charge is 0.419 e. The fourth-order valence-electron chi connectivity index (χ4n) is 3.04. The molecule has 0 amide bonds. The third-order valence-electron chi connectivity index (χ3n) is 4.40. The van der Waals surface area contributed by atoms with E-state index in [0.29, 0.717) is 31.0 Å². The van der Waals surface area contributed by atoms with Crippen molar-refractivity contribution in [2.45, 2.75) is 12.1 Å². The lowest BCUT2D eigenvalue weighted by molar-refractivity contribution is -0.138. The van der Waals surface area contributed by atoms with E-state index < -0.39 is 23.4 Å². The van der Waals surface area contributed by atoms with Crippen LogP contribution in [0.15, 0.2) is 42.5 Å². The second-order valence-corrected chi connectivity index (χ2v) is 11.0. The highest BCUT2D eigenvalue weighted by molar-refractivity contribution is 14.1. The molecule has 0 aliphatic carbocycles. The van der Waals surface area contributed by atoms with E-state index in [1.807, 2.05) is 90.4 Å². The van der Waals surface area contributed by atoms with E-state index >= 15 is 0 Å². The summed E-state index contributed by atoms with van der Waals surface area (Å²) < 4.78 is 42.6. The Hall–Kier alpha value is -0.230. The molecule has 10 heteroatoms. The third-order valence-corrected chi connectivity index (χ3v) is 7.69. The molecule has 0 fully saturated rings. The zero-order chi connectivity index (χ0) is 22.4. The van der Waals surface area contributed by atoms with Gasteiger partial charge in [0.15, 0.2) is 0 Å². The fraction of sp³-hybridized carbons (Fsp3) is 0.100. The van der Waals surface area contributed by atoms with Crippen molar-refractivity contribution in [2.24, 2.45) is 0 Å². The van der Waals surface area contributed by atoms with Gasteiger partial charge < -0.3 is 15.3 Å².